The maximum absolute atomic E-state index is 9.80. The molecular formula is C5H7O2. The van der Waals surface area contributed by atoms with Crippen molar-refractivity contribution in [1.29, 1.82) is 0 Å². The highest BCUT2D eigenvalue weighted by Crippen LogP contribution is 1.91. The molecule has 0 aromatic carbocycles. The molecule has 7 heavy (non-hydrogen) atoms. The van der Waals surface area contributed by atoms with Gasteiger partial charge >= 0.3 is 5.97 Å². The molecule has 0 aliphatic heterocycles. The van der Waals surface area contributed by atoms with Gasteiger partial charge in [-0.2, -0.15) is 0 Å². The highest BCUT2D eigenvalue weighted by atomic mass is 16.4. The van der Waals surface area contributed by atoms with Crippen LogP contribution in [0.4, 0.5) is 0 Å². The van der Waals surface area contributed by atoms with E-state index in [4.69, 9.17) is 5.11 Å². The van der Waals surface area contributed by atoms with Crippen LogP contribution in [0, 0.1) is 12.8 Å². The average Bonchev–Trinajstić information content (AvgIpc) is 1.65. The lowest BCUT2D eigenvalue weighted by Crippen LogP contribution is -2.05. The summed E-state index contributed by atoms with van der Waals surface area (Å²) >= 11 is 0. The van der Waals surface area contributed by atoms with Crippen molar-refractivity contribution < 1.29 is 9.90 Å². The van der Waals surface area contributed by atoms with Crippen LogP contribution in [0.3, 0.4) is 0 Å². The highest BCUT2D eigenvalue weighted by Gasteiger charge is 2.02. The summed E-state index contributed by atoms with van der Waals surface area (Å²) in [5, 5.41) is 8.05. The minimum atomic E-state index is -0.935. The molecule has 1 atom stereocenters. The van der Waals surface area contributed by atoms with E-state index in [1.807, 2.05) is 0 Å². The molecule has 0 aliphatic carbocycles. The fraction of sp³-hybridized carbons (Fsp3) is 0.200. The molecule has 0 aliphatic rings. The second-order valence-corrected chi connectivity index (χ2v) is 1.18. The topological polar surface area (TPSA) is 37.3 Å². The normalized spacial score (nSPS) is 12.7. The number of hydrogen-bond donors (Lipinski definition) is 1. The van der Waals surface area contributed by atoms with E-state index in [2.05, 4.69) is 13.5 Å². The average molecular weight is 99.1 g/mol. The van der Waals surface area contributed by atoms with E-state index >= 15 is 0 Å². The van der Waals surface area contributed by atoms with Crippen LogP contribution in [0.2, 0.25) is 0 Å². The maximum Gasteiger partial charge on any atom is 0.310 e. The predicted octanol–water partition coefficient (Wildman–Crippen LogP) is 0.707. The molecule has 0 saturated carbocycles. The maximum atomic E-state index is 9.80. The zero-order valence-electron chi connectivity index (χ0n) is 3.92. The van der Waals surface area contributed by atoms with Crippen LogP contribution in [0.5, 0.6) is 0 Å². The van der Waals surface area contributed by atoms with E-state index in [9.17, 15) is 4.79 Å². The zero-order valence-corrected chi connectivity index (χ0v) is 3.92. The van der Waals surface area contributed by atoms with Gasteiger partial charge < -0.3 is 5.11 Å². The summed E-state index contributed by atoms with van der Waals surface area (Å²) in [7, 11) is 0. The fourth-order valence-electron chi connectivity index (χ4n) is 0.101. The number of hydrogen-bond acceptors (Lipinski definition) is 1. The molecule has 1 radical (unpaired) electrons. The van der Waals surface area contributed by atoms with E-state index in [1.54, 1.807) is 0 Å². The van der Waals surface area contributed by atoms with Gasteiger partial charge in [0.15, 0.2) is 0 Å². The van der Waals surface area contributed by atoms with Crippen LogP contribution < -0.4 is 0 Å². The van der Waals surface area contributed by atoms with Crippen molar-refractivity contribution in [1.82, 2.24) is 0 Å². The summed E-state index contributed by atoms with van der Waals surface area (Å²) in [6.07, 6.45) is 1.28. The first-order valence-electron chi connectivity index (χ1n) is 1.87. The van der Waals surface area contributed by atoms with Crippen molar-refractivity contribution in [3.8, 4) is 0 Å². The monoisotopic (exact) mass is 99.0 g/mol. The first-order chi connectivity index (χ1) is 3.18. The van der Waals surface area contributed by atoms with Crippen molar-refractivity contribution in [2.24, 2.45) is 5.92 Å². The minimum Gasteiger partial charge on any atom is -0.481 e. The zero-order chi connectivity index (χ0) is 5.86. The van der Waals surface area contributed by atoms with E-state index < -0.39 is 11.9 Å². The van der Waals surface area contributed by atoms with Crippen molar-refractivity contribution in [3.05, 3.63) is 19.6 Å². The third-order valence-corrected chi connectivity index (χ3v) is 0.602. The molecule has 2 heteroatoms. The second kappa shape index (κ2) is 2.39. The third kappa shape index (κ3) is 1.98. The predicted molar refractivity (Wildman–Crippen MR) is 26.7 cm³/mol. The smallest absolute Gasteiger partial charge is 0.310 e. The Kier molecular flexibility index (Phi) is 2.12. The van der Waals surface area contributed by atoms with Gasteiger partial charge in [-0.15, -0.1) is 6.58 Å². The summed E-state index contributed by atoms with van der Waals surface area (Å²) in [5.74, 6) is -1.60. The SMILES string of the molecule is [CH2]C(C=C)C(=O)O. The first kappa shape index (κ1) is 6.21. The van der Waals surface area contributed by atoms with Gasteiger partial charge in [0.25, 0.3) is 0 Å². The van der Waals surface area contributed by atoms with Crippen LogP contribution in [0.1, 0.15) is 0 Å². The lowest BCUT2D eigenvalue weighted by atomic mass is 10.2. The summed E-state index contributed by atoms with van der Waals surface area (Å²) < 4.78 is 0. The molecule has 0 heterocycles. The molecule has 0 aromatic heterocycles. The Morgan fingerprint density at radius 3 is 2.29 bits per heavy atom. The van der Waals surface area contributed by atoms with Gasteiger partial charge in [0, 0.05) is 0 Å². The second-order valence-electron chi connectivity index (χ2n) is 1.18. The van der Waals surface area contributed by atoms with Gasteiger partial charge in [0.05, 0.1) is 5.92 Å². The summed E-state index contributed by atoms with van der Waals surface area (Å²) in [5.41, 5.74) is 0. The molecular weight excluding hydrogens is 92.1 g/mol. The van der Waals surface area contributed by atoms with E-state index in [0.717, 1.165) is 0 Å². The summed E-state index contributed by atoms with van der Waals surface area (Å²) in [4.78, 5) is 9.80. The van der Waals surface area contributed by atoms with Crippen LogP contribution >= 0.6 is 0 Å². The minimum absolute atomic E-state index is 0.667. The molecule has 0 fully saturated rings. The third-order valence-electron chi connectivity index (χ3n) is 0.602. The Morgan fingerprint density at radius 1 is 1.86 bits per heavy atom. The molecule has 0 amide bonds. The number of carboxylic acids is 1. The van der Waals surface area contributed by atoms with E-state index in [0.29, 0.717) is 0 Å². The van der Waals surface area contributed by atoms with E-state index in [-0.39, 0.29) is 0 Å². The number of rotatable bonds is 2. The summed E-state index contributed by atoms with van der Waals surface area (Å²) in [6, 6.07) is 0. The largest absolute Gasteiger partial charge is 0.481 e. The van der Waals surface area contributed by atoms with Crippen LogP contribution in [-0.4, -0.2) is 11.1 Å². The van der Waals surface area contributed by atoms with Crippen LogP contribution in [-0.2, 0) is 4.79 Å². The molecule has 0 rings (SSSR count). The van der Waals surface area contributed by atoms with Crippen LogP contribution in [0.25, 0.3) is 0 Å². The van der Waals surface area contributed by atoms with Crippen molar-refractivity contribution in [2.75, 3.05) is 0 Å². The van der Waals surface area contributed by atoms with Gasteiger partial charge in [-0.1, -0.05) is 6.08 Å². The number of carboxylic acid groups (broad SMARTS) is 1. The highest BCUT2D eigenvalue weighted by molar-refractivity contribution is 5.72. The molecule has 0 bridgehead atoms. The lowest BCUT2D eigenvalue weighted by Gasteiger charge is -1.91. The molecule has 1 unspecified atom stereocenters. The fourth-order valence-corrected chi connectivity index (χ4v) is 0.101. The quantitative estimate of drug-likeness (QED) is 0.517. The molecule has 0 saturated heterocycles. The standard InChI is InChI=1S/C5H7O2/c1-3-4(2)5(6)7/h3-4H,1-2H2,(H,6,7). The Hall–Kier alpha value is -0.790. The van der Waals surface area contributed by atoms with Crippen molar-refractivity contribution in [2.45, 2.75) is 0 Å². The Labute approximate surface area is 42.5 Å². The molecule has 0 spiro atoms. The van der Waals surface area contributed by atoms with Crippen molar-refractivity contribution in [3.63, 3.8) is 0 Å². The molecule has 1 N–H and O–H groups in total. The van der Waals surface area contributed by atoms with Gasteiger partial charge in [-0.3, -0.25) is 4.79 Å². The first-order valence-corrected chi connectivity index (χ1v) is 1.87. The summed E-state index contributed by atoms with van der Waals surface area (Å²) in [6.45, 7) is 6.48. The van der Waals surface area contributed by atoms with Gasteiger partial charge in [-0.05, 0) is 6.92 Å². The Balaban J connectivity index is 3.55. The Morgan fingerprint density at radius 2 is 2.29 bits per heavy atom. The molecule has 39 valence electrons. The molecule has 0 aromatic rings. The van der Waals surface area contributed by atoms with Crippen LogP contribution in [0.15, 0.2) is 12.7 Å². The molecule has 2 nitrogen and oxygen atoms in total. The van der Waals surface area contributed by atoms with Gasteiger partial charge in [-0.25, -0.2) is 0 Å². The van der Waals surface area contributed by atoms with Gasteiger partial charge in [0.1, 0.15) is 0 Å². The van der Waals surface area contributed by atoms with E-state index in [1.165, 1.54) is 6.08 Å². The van der Waals surface area contributed by atoms with Crippen molar-refractivity contribution >= 4 is 5.97 Å². The number of carbonyl (C=O) groups is 1. The Bertz CT molecular complexity index is 86.1. The van der Waals surface area contributed by atoms with Gasteiger partial charge in [0.2, 0.25) is 0 Å². The lowest BCUT2D eigenvalue weighted by molar-refractivity contribution is -0.138. The number of aliphatic carboxylic acids is 1.